The van der Waals surface area contributed by atoms with Crippen molar-refractivity contribution in [3.8, 4) is 0 Å². The van der Waals surface area contributed by atoms with Crippen LogP contribution in [0.2, 0.25) is 0 Å². The SMILES string of the molecule is CCC(C)C(NC(=O)CCc1c(C)c2cc3c(C)coc3c(C)c2oc1=O)C(=O)NCCCCCC(=O)O. The molecule has 2 aromatic heterocycles. The van der Waals surface area contributed by atoms with Crippen molar-refractivity contribution in [3.05, 3.63) is 45.0 Å². The number of hydrogen-bond acceptors (Lipinski definition) is 6. The van der Waals surface area contributed by atoms with Gasteiger partial charge in [0.05, 0.1) is 6.26 Å². The van der Waals surface area contributed by atoms with Crippen molar-refractivity contribution < 1.29 is 28.3 Å². The van der Waals surface area contributed by atoms with E-state index in [0.717, 1.165) is 27.5 Å². The first kappa shape index (κ1) is 28.9. The molecular formula is C29H38N2O7. The number of unbranched alkanes of at least 4 members (excludes halogenated alkanes) is 2. The third-order valence-corrected chi connectivity index (χ3v) is 7.32. The van der Waals surface area contributed by atoms with Crippen LogP contribution in [0.3, 0.4) is 0 Å². The van der Waals surface area contributed by atoms with Crippen LogP contribution in [-0.2, 0) is 20.8 Å². The Morgan fingerprint density at radius 2 is 1.74 bits per heavy atom. The highest BCUT2D eigenvalue weighted by atomic mass is 16.4. The largest absolute Gasteiger partial charge is 0.481 e. The number of amides is 2. The molecule has 3 N–H and O–H groups in total. The standard InChI is InChI=1S/C29H38N2O7/c1-6-16(2)25(28(35)30-13-9-7-8-10-24(33)34)31-23(32)12-11-20-18(4)22-14-21-17(3)15-37-26(21)19(5)27(22)38-29(20)36/h14-16,25H,6-13H2,1-5H3,(H,30,35)(H,31,32)(H,33,34). The van der Waals surface area contributed by atoms with Gasteiger partial charge in [0, 0.05) is 41.3 Å². The molecule has 0 aliphatic rings. The van der Waals surface area contributed by atoms with Gasteiger partial charge in [-0.3, -0.25) is 14.4 Å². The van der Waals surface area contributed by atoms with Crippen LogP contribution in [0.1, 0.15) is 74.6 Å². The number of carboxylic acid groups (broad SMARTS) is 1. The molecule has 0 radical (unpaired) electrons. The molecule has 3 aromatic rings. The number of nitrogens with one attached hydrogen (secondary N) is 2. The Bertz CT molecular complexity index is 1390. The fraction of sp³-hybridized carbons (Fsp3) is 0.517. The summed E-state index contributed by atoms with van der Waals surface area (Å²) in [6.07, 6.45) is 4.65. The van der Waals surface area contributed by atoms with Gasteiger partial charge >= 0.3 is 11.6 Å². The number of fused-ring (bicyclic) bond motifs is 2. The number of carbonyl (C=O) groups excluding carboxylic acids is 2. The van der Waals surface area contributed by atoms with Gasteiger partial charge in [-0.1, -0.05) is 26.7 Å². The molecule has 9 nitrogen and oxygen atoms in total. The second kappa shape index (κ2) is 12.8. The second-order valence-electron chi connectivity index (χ2n) is 10.1. The van der Waals surface area contributed by atoms with Crippen LogP contribution < -0.4 is 16.3 Å². The summed E-state index contributed by atoms with van der Waals surface area (Å²) < 4.78 is 11.3. The van der Waals surface area contributed by atoms with Crippen LogP contribution in [0.4, 0.5) is 0 Å². The molecule has 0 fully saturated rings. The predicted octanol–water partition coefficient (Wildman–Crippen LogP) is 4.69. The lowest BCUT2D eigenvalue weighted by Crippen LogP contribution is -2.50. The molecule has 2 amide bonds. The summed E-state index contributed by atoms with van der Waals surface area (Å²) >= 11 is 0. The lowest BCUT2D eigenvalue weighted by atomic mass is 9.97. The molecule has 0 bridgehead atoms. The van der Waals surface area contributed by atoms with Crippen molar-refractivity contribution in [1.82, 2.24) is 10.6 Å². The van der Waals surface area contributed by atoms with E-state index < -0.39 is 17.6 Å². The first-order valence-electron chi connectivity index (χ1n) is 13.3. The van der Waals surface area contributed by atoms with Gasteiger partial charge in [-0.25, -0.2) is 4.79 Å². The summed E-state index contributed by atoms with van der Waals surface area (Å²) in [5.41, 5.74) is 3.67. The number of carboxylic acids is 1. The number of benzene rings is 1. The monoisotopic (exact) mass is 526 g/mol. The fourth-order valence-corrected chi connectivity index (χ4v) is 4.69. The molecule has 9 heteroatoms. The zero-order valence-corrected chi connectivity index (χ0v) is 22.9. The van der Waals surface area contributed by atoms with Crippen molar-refractivity contribution in [2.45, 2.75) is 85.6 Å². The number of aliphatic carboxylic acids is 1. The highest BCUT2D eigenvalue weighted by molar-refractivity contribution is 5.99. The van der Waals surface area contributed by atoms with Crippen LogP contribution in [0.15, 0.2) is 26.0 Å². The summed E-state index contributed by atoms with van der Waals surface area (Å²) in [5.74, 6) is -1.49. The van der Waals surface area contributed by atoms with Gasteiger partial charge in [0.15, 0.2) is 0 Å². The van der Waals surface area contributed by atoms with E-state index in [4.69, 9.17) is 13.9 Å². The predicted molar refractivity (Wildman–Crippen MR) is 145 cm³/mol. The second-order valence-corrected chi connectivity index (χ2v) is 10.1. The highest BCUT2D eigenvalue weighted by Crippen LogP contribution is 2.32. The molecule has 3 rings (SSSR count). The topological polar surface area (TPSA) is 139 Å². The van der Waals surface area contributed by atoms with E-state index in [0.29, 0.717) is 49.0 Å². The Morgan fingerprint density at radius 1 is 1.00 bits per heavy atom. The zero-order chi connectivity index (χ0) is 28.0. The van der Waals surface area contributed by atoms with Gasteiger partial charge in [0.25, 0.3) is 0 Å². The molecule has 2 atom stereocenters. The quantitative estimate of drug-likeness (QED) is 0.217. The lowest BCUT2D eigenvalue weighted by molar-refractivity contribution is -0.137. The molecule has 0 aliphatic carbocycles. The van der Waals surface area contributed by atoms with Gasteiger partial charge in [0.1, 0.15) is 17.2 Å². The van der Waals surface area contributed by atoms with Crippen LogP contribution in [-0.4, -0.2) is 35.5 Å². The maximum atomic E-state index is 12.9. The van der Waals surface area contributed by atoms with Gasteiger partial charge in [0.2, 0.25) is 11.8 Å². The number of carbonyl (C=O) groups is 3. The summed E-state index contributed by atoms with van der Waals surface area (Å²) in [7, 11) is 0. The van der Waals surface area contributed by atoms with Gasteiger partial charge < -0.3 is 24.6 Å². The minimum atomic E-state index is -0.828. The van der Waals surface area contributed by atoms with E-state index in [1.54, 1.807) is 6.26 Å². The number of rotatable bonds is 13. The average molecular weight is 527 g/mol. The molecule has 1 aromatic carbocycles. The Labute approximate surface area is 222 Å². The molecule has 38 heavy (non-hydrogen) atoms. The molecule has 2 unspecified atom stereocenters. The van der Waals surface area contributed by atoms with Crippen LogP contribution in [0, 0.1) is 26.7 Å². The van der Waals surface area contributed by atoms with E-state index in [2.05, 4.69) is 10.6 Å². The Hall–Kier alpha value is -3.62. The Kier molecular flexibility index (Phi) is 9.72. The molecule has 0 saturated heterocycles. The third kappa shape index (κ3) is 6.62. The van der Waals surface area contributed by atoms with Crippen molar-refractivity contribution in [3.63, 3.8) is 0 Å². The van der Waals surface area contributed by atoms with Crippen LogP contribution in [0.25, 0.3) is 21.9 Å². The van der Waals surface area contributed by atoms with E-state index in [1.165, 1.54) is 0 Å². The third-order valence-electron chi connectivity index (χ3n) is 7.32. The molecule has 0 spiro atoms. The summed E-state index contributed by atoms with van der Waals surface area (Å²) in [4.78, 5) is 49.1. The maximum absolute atomic E-state index is 12.9. The minimum absolute atomic E-state index is 0.0402. The van der Waals surface area contributed by atoms with Crippen molar-refractivity contribution in [2.75, 3.05) is 6.54 Å². The van der Waals surface area contributed by atoms with Crippen LogP contribution >= 0.6 is 0 Å². The van der Waals surface area contributed by atoms with Gasteiger partial charge in [-0.05, 0) is 63.1 Å². The van der Waals surface area contributed by atoms with Gasteiger partial charge in [-0.15, -0.1) is 0 Å². The number of aryl methyl sites for hydroxylation is 3. The smallest absolute Gasteiger partial charge is 0.339 e. The highest BCUT2D eigenvalue weighted by Gasteiger charge is 2.26. The number of hydrogen-bond donors (Lipinski definition) is 3. The number of furan rings is 1. The van der Waals surface area contributed by atoms with Crippen molar-refractivity contribution >= 4 is 39.7 Å². The average Bonchev–Trinajstić information content (AvgIpc) is 3.25. The summed E-state index contributed by atoms with van der Waals surface area (Å²) in [6.45, 7) is 9.95. The van der Waals surface area contributed by atoms with Crippen molar-refractivity contribution in [1.29, 1.82) is 0 Å². The van der Waals surface area contributed by atoms with E-state index in [9.17, 15) is 19.2 Å². The summed E-state index contributed by atoms with van der Waals surface area (Å²) in [6, 6.07) is 1.27. The van der Waals surface area contributed by atoms with E-state index >= 15 is 0 Å². The Morgan fingerprint density at radius 3 is 2.42 bits per heavy atom. The molecule has 206 valence electrons. The van der Waals surface area contributed by atoms with E-state index in [1.807, 2.05) is 40.7 Å². The molecule has 2 heterocycles. The Balaban J connectivity index is 1.67. The van der Waals surface area contributed by atoms with E-state index in [-0.39, 0.29) is 37.0 Å². The zero-order valence-electron chi connectivity index (χ0n) is 22.9. The molecule has 0 aliphatic heterocycles. The van der Waals surface area contributed by atoms with Crippen LogP contribution in [0.5, 0.6) is 0 Å². The fourth-order valence-electron chi connectivity index (χ4n) is 4.69. The molecule has 0 saturated carbocycles. The lowest BCUT2D eigenvalue weighted by Gasteiger charge is -2.23. The normalized spacial score (nSPS) is 13.0. The van der Waals surface area contributed by atoms with Crippen molar-refractivity contribution in [2.24, 2.45) is 5.92 Å². The van der Waals surface area contributed by atoms with Gasteiger partial charge in [-0.2, -0.15) is 0 Å². The minimum Gasteiger partial charge on any atom is -0.481 e. The first-order chi connectivity index (χ1) is 18.0. The molecular weight excluding hydrogens is 488 g/mol. The summed E-state index contributed by atoms with van der Waals surface area (Å²) in [5, 5.41) is 16.2. The maximum Gasteiger partial charge on any atom is 0.339 e. The first-order valence-corrected chi connectivity index (χ1v) is 13.3.